The fraction of sp³-hybridized carbons (Fsp3) is 0.294. The zero-order valence-electron chi connectivity index (χ0n) is 13.2. The molecule has 130 valence electrons. The van der Waals surface area contributed by atoms with E-state index in [1.165, 1.54) is 30.3 Å². The van der Waals surface area contributed by atoms with Crippen molar-refractivity contribution in [2.45, 2.75) is 31.2 Å². The zero-order valence-corrected chi connectivity index (χ0v) is 13.2. The number of hydrogen-bond acceptors (Lipinski definition) is 4. The van der Waals surface area contributed by atoms with Crippen molar-refractivity contribution in [3.8, 4) is 5.69 Å². The molecule has 2 N–H and O–H groups in total. The SMILES string of the molecule is O=C(NC1(C(=O)O)CCCC1)c1ccc(=O)n(-c2ccc(F)cc2)n1. The van der Waals surface area contributed by atoms with Gasteiger partial charge in [-0.05, 0) is 43.2 Å². The van der Waals surface area contributed by atoms with Crippen molar-refractivity contribution in [2.75, 3.05) is 0 Å². The van der Waals surface area contributed by atoms with Gasteiger partial charge < -0.3 is 10.4 Å². The predicted octanol–water partition coefficient (Wildman–Crippen LogP) is 1.50. The van der Waals surface area contributed by atoms with Gasteiger partial charge in [0.2, 0.25) is 0 Å². The van der Waals surface area contributed by atoms with Crippen LogP contribution in [0.25, 0.3) is 5.69 Å². The summed E-state index contributed by atoms with van der Waals surface area (Å²) in [4.78, 5) is 36.0. The molecule has 0 atom stereocenters. The Bertz CT molecular complexity index is 870. The number of halogens is 1. The first kappa shape index (κ1) is 16.8. The van der Waals surface area contributed by atoms with Crippen molar-refractivity contribution < 1.29 is 19.1 Å². The van der Waals surface area contributed by atoms with Crippen LogP contribution in [0.1, 0.15) is 36.2 Å². The summed E-state index contributed by atoms with van der Waals surface area (Å²) in [7, 11) is 0. The molecule has 0 unspecified atom stereocenters. The third kappa shape index (κ3) is 3.28. The van der Waals surface area contributed by atoms with E-state index < -0.39 is 28.8 Å². The first-order valence-corrected chi connectivity index (χ1v) is 7.83. The lowest BCUT2D eigenvalue weighted by atomic mass is 9.97. The molecule has 1 aliphatic carbocycles. The first-order chi connectivity index (χ1) is 11.9. The van der Waals surface area contributed by atoms with Crippen molar-refractivity contribution in [1.82, 2.24) is 15.1 Å². The quantitative estimate of drug-likeness (QED) is 0.874. The van der Waals surface area contributed by atoms with Gasteiger partial charge in [-0.1, -0.05) is 12.8 Å². The van der Waals surface area contributed by atoms with E-state index in [1.807, 2.05) is 0 Å². The molecule has 25 heavy (non-hydrogen) atoms. The van der Waals surface area contributed by atoms with Gasteiger partial charge in [0.05, 0.1) is 5.69 Å². The largest absolute Gasteiger partial charge is 0.480 e. The number of amides is 1. The van der Waals surface area contributed by atoms with Gasteiger partial charge in [-0.2, -0.15) is 9.78 Å². The number of nitrogens with one attached hydrogen (secondary N) is 1. The van der Waals surface area contributed by atoms with Gasteiger partial charge in [0.15, 0.2) is 0 Å². The Morgan fingerprint density at radius 1 is 1.12 bits per heavy atom. The molecular weight excluding hydrogens is 329 g/mol. The average Bonchev–Trinajstić information content (AvgIpc) is 3.06. The Morgan fingerprint density at radius 2 is 1.76 bits per heavy atom. The van der Waals surface area contributed by atoms with E-state index in [-0.39, 0.29) is 5.69 Å². The van der Waals surface area contributed by atoms with Gasteiger partial charge in [-0.15, -0.1) is 0 Å². The Labute approximate surface area is 142 Å². The van der Waals surface area contributed by atoms with E-state index in [1.54, 1.807) is 0 Å². The summed E-state index contributed by atoms with van der Waals surface area (Å²) in [5.74, 6) is -2.21. The van der Waals surface area contributed by atoms with Crippen LogP contribution in [-0.2, 0) is 4.79 Å². The molecule has 0 saturated heterocycles. The van der Waals surface area contributed by atoms with Crippen molar-refractivity contribution >= 4 is 11.9 Å². The summed E-state index contributed by atoms with van der Waals surface area (Å²) >= 11 is 0. The molecule has 1 heterocycles. The second kappa shape index (κ2) is 6.46. The van der Waals surface area contributed by atoms with Crippen LogP contribution in [0.4, 0.5) is 4.39 Å². The average molecular weight is 345 g/mol. The van der Waals surface area contributed by atoms with Crippen molar-refractivity contribution in [3.05, 3.63) is 58.3 Å². The molecule has 1 fully saturated rings. The number of carboxylic acid groups (broad SMARTS) is 1. The summed E-state index contributed by atoms with van der Waals surface area (Å²) in [5.41, 5.74) is -1.57. The second-order valence-corrected chi connectivity index (χ2v) is 5.99. The lowest BCUT2D eigenvalue weighted by Gasteiger charge is -2.25. The topological polar surface area (TPSA) is 101 Å². The van der Waals surface area contributed by atoms with Crippen LogP contribution in [0.15, 0.2) is 41.2 Å². The molecule has 2 aromatic rings. The number of aromatic nitrogens is 2. The Balaban J connectivity index is 1.91. The highest BCUT2D eigenvalue weighted by atomic mass is 19.1. The van der Waals surface area contributed by atoms with Gasteiger partial charge in [-0.3, -0.25) is 9.59 Å². The van der Waals surface area contributed by atoms with Crippen LogP contribution in [-0.4, -0.2) is 32.3 Å². The zero-order chi connectivity index (χ0) is 18.0. The molecule has 3 rings (SSSR count). The maximum Gasteiger partial charge on any atom is 0.329 e. The molecule has 0 spiro atoms. The number of aliphatic carboxylic acids is 1. The molecule has 7 nitrogen and oxygen atoms in total. The van der Waals surface area contributed by atoms with Crippen LogP contribution in [0.3, 0.4) is 0 Å². The Hall–Kier alpha value is -3.03. The minimum atomic E-state index is -1.30. The normalized spacial score (nSPS) is 15.7. The second-order valence-electron chi connectivity index (χ2n) is 5.99. The molecule has 1 aliphatic rings. The fourth-order valence-corrected chi connectivity index (χ4v) is 2.95. The van der Waals surface area contributed by atoms with Gasteiger partial charge in [0.1, 0.15) is 17.1 Å². The molecule has 0 bridgehead atoms. The smallest absolute Gasteiger partial charge is 0.329 e. The number of hydrogen-bond donors (Lipinski definition) is 2. The molecule has 1 aromatic carbocycles. The molecular formula is C17H16FN3O4. The lowest BCUT2D eigenvalue weighted by Crippen LogP contribution is -2.52. The van der Waals surface area contributed by atoms with E-state index in [0.717, 1.165) is 23.6 Å². The van der Waals surface area contributed by atoms with Crippen LogP contribution in [0.2, 0.25) is 0 Å². The van der Waals surface area contributed by atoms with Crippen molar-refractivity contribution in [1.29, 1.82) is 0 Å². The van der Waals surface area contributed by atoms with Crippen LogP contribution in [0.5, 0.6) is 0 Å². The number of nitrogens with zero attached hydrogens (tertiary/aromatic N) is 2. The maximum atomic E-state index is 13.0. The predicted molar refractivity (Wildman–Crippen MR) is 86.1 cm³/mol. The highest BCUT2D eigenvalue weighted by Crippen LogP contribution is 2.30. The van der Waals surface area contributed by atoms with E-state index >= 15 is 0 Å². The van der Waals surface area contributed by atoms with E-state index in [2.05, 4.69) is 10.4 Å². The third-order valence-electron chi connectivity index (χ3n) is 4.32. The summed E-state index contributed by atoms with van der Waals surface area (Å²) < 4.78 is 14.0. The van der Waals surface area contributed by atoms with Gasteiger partial charge >= 0.3 is 5.97 Å². The van der Waals surface area contributed by atoms with E-state index in [9.17, 15) is 23.9 Å². The van der Waals surface area contributed by atoms with Gasteiger partial charge in [-0.25, -0.2) is 9.18 Å². The summed E-state index contributed by atoms with van der Waals surface area (Å²) in [6, 6.07) is 7.47. The lowest BCUT2D eigenvalue weighted by molar-refractivity contribution is -0.144. The number of carbonyl (C=O) groups is 2. The number of rotatable bonds is 4. The van der Waals surface area contributed by atoms with Crippen LogP contribution < -0.4 is 10.9 Å². The number of carbonyl (C=O) groups excluding carboxylic acids is 1. The Kier molecular flexibility index (Phi) is 4.35. The number of benzene rings is 1. The number of carboxylic acids is 1. The molecule has 0 aliphatic heterocycles. The standard InChI is InChI=1S/C17H16FN3O4/c18-11-3-5-12(6-4-11)21-14(22)8-7-13(20-21)15(23)19-17(16(24)25)9-1-2-10-17/h3-8H,1-2,9-10H2,(H,19,23)(H,24,25). The van der Waals surface area contributed by atoms with Crippen LogP contribution in [0, 0.1) is 5.82 Å². The molecule has 1 saturated carbocycles. The highest BCUT2D eigenvalue weighted by Gasteiger charge is 2.43. The summed E-state index contributed by atoms with van der Waals surface area (Å²) in [6.45, 7) is 0. The fourth-order valence-electron chi connectivity index (χ4n) is 2.95. The first-order valence-electron chi connectivity index (χ1n) is 7.83. The third-order valence-corrected chi connectivity index (χ3v) is 4.32. The maximum absolute atomic E-state index is 13.0. The van der Waals surface area contributed by atoms with Crippen molar-refractivity contribution in [3.63, 3.8) is 0 Å². The minimum absolute atomic E-state index is 0.0866. The van der Waals surface area contributed by atoms with Gasteiger partial charge in [0.25, 0.3) is 11.5 Å². The van der Waals surface area contributed by atoms with E-state index in [0.29, 0.717) is 18.5 Å². The minimum Gasteiger partial charge on any atom is -0.480 e. The highest BCUT2D eigenvalue weighted by molar-refractivity contribution is 5.96. The summed E-state index contributed by atoms with van der Waals surface area (Å²) in [5, 5.41) is 16.0. The summed E-state index contributed by atoms with van der Waals surface area (Å²) in [6.07, 6.45) is 2.14. The monoisotopic (exact) mass is 345 g/mol. The molecule has 1 aromatic heterocycles. The van der Waals surface area contributed by atoms with Crippen molar-refractivity contribution in [2.24, 2.45) is 0 Å². The molecule has 8 heteroatoms. The Morgan fingerprint density at radius 3 is 2.36 bits per heavy atom. The molecule has 1 amide bonds. The van der Waals surface area contributed by atoms with Gasteiger partial charge in [0, 0.05) is 6.07 Å². The molecule has 0 radical (unpaired) electrons. The van der Waals surface area contributed by atoms with E-state index in [4.69, 9.17) is 0 Å². The van der Waals surface area contributed by atoms with Crippen LogP contribution >= 0.6 is 0 Å².